The van der Waals surface area contributed by atoms with Gasteiger partial charge in [0.15, 0.2) is 5.82 Å². The minimum absolute atomic E-state index is 0.00324. The highest BCUT2D eigenvalue weighted by molar-refractivity contribution is 6.17. The summed E-state index contributed by atoms with van der Waals surface area (Å²) in [5, 5.41) is 0. The van der Waals surface area contributed by atoms with Crippen LogP contribution in [-0.2, 0) is 20.2 Å². The molecule has 1 aliphatic heterocycles. The molecule has 2 aromatic rings. The summed E-state index contributed by atoms with van der Waals surface area (Å²) in [6.45, 7) is 6.67. The van der Waals surface area contributed by atoms with Crippen molar-refractivity contribution < 1.29 is 27.9 Å². The number of hydrogen-bond donors (Lipinski definition) is 1. The van der Waals surface area contributed by atoms with Crippen molar-refractivity contribution in [3.63, 3.8) is 0 Å². The van der Waals surface area contributed by atoms with E-state index in [1.165, 1.54) is 24.4 Å². The van der Waals surface area contributed by atoms with Gasteiger partial charge < -0.3 is 15.4 Å². The summed E-state index contributed by atoms with van der Waals surface area (Å²) < 4.78 is 35.7. The Morgan fingerprint density at radius 1 is 1.21 bits per heavy atom. The second-order valence-electron chi connectivity index (χ2n) is 9.09. The molecule has 2 heterocycles. The number of amides is 2. The number of halogens is 3. The number of ether oxygens (including phenoxy) is 1. The molecule has 0 saturated heterocycles. The van der Waals surface area contributed by atoms with E-state index in [-0.39, 0.29) is 46.7 Å². The van der Waals surface area contributed by atoms with Gasteiger partial charge in [-0.25, -0.2) is 8.78 Å². The van der Waals surface area contributed by atoms with E-state index in [4.69, 9.17) is 22.1 Å². The Balaban J connectivity index is 1.95. The van der Waals surface area contributed by atoms with E-state index in [0.29, 0.717) is 0 Å². The van der Waals surface area contributed by atoms with Gasteiger partial charge in [0.2, 0.25) is 5.91 Å². The average molecular weight is 494 g/mol. The van der Waals surface area contributed by atoms with Gasteiger partial charge in [-0.2, -0.15) is 0 Å². The molecule has 0 aliphatic carbocycles. The molecule has 2 N–H and O–H groups in total. The third-order valence-corrected chi connectivity index (χ3v) is 5.84. The maximum atomic E-state index is 15.6. The normalized spacial score (nSPS) is 16.4. The Kier molecular flexibility index (Phi) is 7.26. The van der Waals surface area contributed by atoms with Crippen LogP contribution < -0.4 is 5.73 Å². The summed E-state index contributed by atoms with van der Waals surface area (Å²) in [5.41, 5.74) is 4.67. The summed E-state index contributed by atoms with van der Waals surface area (Å²) >= 11 is 5.75. The van der Waals surface area contributed by atoms with E-state index in [9.17, 15) is 18.8 Å². The van der Waals surface area contributed by atoms with E-state index in [2.05, 4.69) is 4.98 Å². The van der Waals surface area contributed by atoms with Crippen molar-refractivity contribution in [2.24, 2.45) is 5.73 Å². The van der Waals surface area contributed by atoms with Crippen molar-refractivity contribution in [2.45, 2.75) is 64.1 Å². The second kappa shape index (κ2) is 9.66. The number of hydrogen-bond acceptors (Lipinski definition) is 5. The summed E-state index contributed by atoms with van der Waals surface area (Å²) in [7, 11) is 0. The molecule has 0 fully saturated rings. The van der Waals surface area contributed by atoms with Gasteiger partial charge in [-0.05, 0) is 52.3 Å². The number of nitrogens with zero attached hydrogens (tertiary/aromatic N) is 2. The van der Waals surface area contributed by atoms with Crippen LogP contribution in [0.5, 0.6) is 0 Å². The molecule has 7 nitrogen and oxygen atoms in total. The van der Waals surface area contributed by atoms with Crippen molar-refractivity contribution in [3.05, 3.63) is 52.7 Å². The largest absolute Gasteiger partial charge is 0.460 e. The van der Waals surface area contributed by atoms with Crippen LogP contribution in [0.1, 0.15) is 68.1 Å². The van der Waals surface area contributed by atoms with Gasteiger partial charge in [0, 0.05) is 34.9 Å². The summed E-state index contributed by atoms with van der Waals surface area (Å²) in [4.78, 5) is 42.6. The van der Waals surface area contributed by atoms with E-state index >= 15 is 4.39 Å². The molecule has 34 heavy (non-hydrogen) atoms. The van der Waals surface area contributed by atoms with Crippen molar-refractivity contribution >= 4 is 29.4 Å². The number of nitrogens with two attached hydrogens (primary N) is 1. The fraction of sp³-hybridized carbons (Fsp3) is 0.417. The molecule has 0 saturated carbocycles. The van der Waals surface area contributed by atoms with Crippen LogP contribution in [0.2, 0.25) is 0 Å². The van der Waals surface area contributed by atoms with Gasteiger partial charge >= 0.3 is 5.97 Å². The fourth-order valence-corrected chi connectivity index (χ4v) is 4.28. The van der Waals surface area contributed by atoms with Crippen molar-refractivity contribution in [1.29, 1.82) is 0 Å². The number of esters is 1. The Morgan fingerprint density at radius 3 is 2.44 bits per heavy atom. The monoisotopic (exact) mass is 493 g/mol. The van der Waals surface area contributed by atoms with Crippen LogP contribution in [0.3, 0.4) is 0 Å². The maximum Gasteiger partial charge on any atom is 0.306 e. The fourth-order valence-electron chi connectivity index (χ4n) is 4.08. The van der Waals surface area contributed by atoms with Gasteiger partial charge in [-0.15, -0.1) is 11.6 Å². The molecular weight excluding hydrogens is 468 g/mol. The topological polar surface area (TPSA) is 103 Å². The van der Waals surface area contributed by atoms with E-state index in [1.807, 2.05) is 0 Å². The minimum Gasteiger partial charge on any atom is -0.460 e. The highest BCUT2D eigenvalue weighted by Crippen LogP contribution is 2.41. The third-order valence-electron chi connectivity index (χ3n) is 5.55. The van der Waals surface area contributed by atoms with Gasteiger partial charge in [0.05, 0.1) is 11.9 Å². The number of pyridine rings is 1. The molecule has 0 unspecified atom stereocenters. The highest BCUT2D eigenvalue weighted by atomic mass is 35.5. The number of alkyl halides is 1. The number of rotatable bonds is 7. The van der Waals surface area contributed by atoms with Crippen molar-refractivity contribution in [3.8, 4) is 11.3 Å². The molecule has 1 aromatic heterocycles. The predicted octanol–water partition coefficient (Wildman–Crippen LogP) is 4.26. The second-order valence-corrected chi connectivity index (χ2v) is 9.35. The van der Waals surface area contributed by atoms with Crippen LogP contribution in [-0.4, -0.2) is 39.3 Å². The average Bonchev–Trinajstić information content (AvgIpc) is 2.99. The number of primary amides is 1. The zero-order chi connectivity index (χ0) is 25.4. The molecule has 1 aromatic carbocycles. The molecule has 10 heteroatoms. The van der Waals surface area contributed by atoms with Crippen LogP contribution in [0.15, 0.2) is 24.4 Å². The Bertz CT molecular complexity index is 1150. The van der Waals surface area contributed by atoms with Crippen LogP contribution in [0.25, 0.3) is 11.3 Å². The molecule has 0 bridgehead atoms. The molecule has 182 valence electrons. The van der Waals surface area contributed by atoms with E-state index in [1.54, 1.807) is 27.7 Å². The maximum absolute atomic E-state index is 15.6. The van der Waals surface area contributed by atoms with Gasteiger partial charge in [0.25, 0.3) is 5.91 Å². The first-order chi connectivity index (χ1) is 15.9. The number of fused-ring (bicyclic) bond motifs is 1. The lowest BCUT2D eigenvalue weighted by molar-refractivity contribution is -0.155. The van der Waals surface area contributed by atoms with Gasteiger partial charge in [0.1, 0.15) is 23.2 Å². The lowest BCUT2D eigenvalue weighted by atomic mass is 9.98. The van der Waals surface area contributed by atoms with Crippen molar-refractivity contribution in [2.75, 3.05) is 0 Å². The number of carbonyl (C=O) groups is 3. The Hall–Kier alpha value is -3.07. The molecule has 0 radical (unpaired) electrons. The molecule has 2 amide bonds. The van der Waals surface area contributed by atoms with E-state index < -0.39 is 47.1 Å². The van der Waals surface area contributed by atoms with Crippen LogP contribution in [0.4, 0.5) is 8.78 Å². The lowest BCUT2D eigenvalue weighted by Gasteiger charge is -2.30. The zero-order valence-electron chi connectivity index (χ0n) is 19.3. The smallest absolute Gasteiger partial charge is 0.306 e. The van der Waals surface area contributed by atoms with Gasteiger partial charge in [-0.3, -0.25) is 19.4 Å². The molecular formula is C24H26ClF2N3O4. The lowest BCUT2D eigenvalue weighted by Crippen LogP contribution is -2.46. The number of carbonyl (C=O) groups excluding carboxylic acids is 3. The first-order valence-electron chi connectivity index (χ1n) is 10.7. The van der Waals surface area contributed by atoms with E-state index in [0.717, 1.165) is 4.90 Å². The quantitative estimate of drug-likeness (QED) is 0.458. The Morgan fingerprint density at radius 2 is 1.85 bits per heavy atom. The third kappa shape index (κ3) is 4.89. The molecule has 0 spiro atoms. The van der Waals surface area contributed by atoms with Crippen LogP contribution >= 0.6 is 11.6 Å². The summed E-state index contributed by atoms with van der Waals surface area (Å²) in [6.07, 6.45) is 1.08. The van der Waals surface area contributed by atoms with Crippen molar-refractivity contribution in [1.82, 2.24) is 9.88 Å². The van der Waals surface area contributed by atoms with Gasteiger partial charge in [-0.1, -0.05) is 0 Å². The molecule has 1 aliphatic rings. The number of benzene rings is 1. The summed E-state index contributed by atoms with van der Waals surface area (Å²) in [5.74, 6) is -3.69. The first kappa shape index (κ1) is 25.6. The summed E-state index contributed by atoms with van der Waals surface area (Å²) in [6, 6.07) is 1.98. The Labute approximate surface area is 201 Å². The zero-order valence-corrected chi connectivity index (χ0v) is 20.1. The minimum atomic E-state index is -1.17. The predicted molar refractivity (Wildman–Crippen MR) is 122 cm³/mol. The standard InChI is InChI=1S/C24H26ClF2N3O4/c1-12-18-14(5-6-15(20(18)27)21-19(26)13(11-25)9-10-29-21)23(33)30(12)16(22(28)32)7-8-17(31)34-24(2,3)4/h5-6,9-10,12,16H,7-8,11H2,1-4H3,(H2,28,32)/t12-,16+/m1/s1. The molecule has 3 rings (SSSR count). The highest BCUT2D eigenvalue weighted by Gasteiger charge is 2.43. The molecule has 2 atom stereocenters. The SMILES string of the molecule is C[C@@H]1c2c(ccc(-c3nccc(CCl)c3F)c2F)C(=O)N1[C@@H](CCC(=O)OC(C)(C)C)C(N)=O. The van der Waals surface area contributed by atoms with Crippen LogP contribution in [0, 0.1) is 11.6 Å². The number of aromatic nitrogens is 1. The first-order valence-corrected chi connectivity index (χ1v) is 11.3.